The summed E-state index contributed by atoms with van der Waals surface area (Å²) in [6.07, 6.45) is 13.0. The molecule has 3 fully saturated rings. The molecule has 0 aromatic heterocycles. The molecule has 2 atom stereocenters. The van der Waals surface area contributed by atoms with Gasteiger partial charge in [0.15, 0.2) is 0 Å². The van der Waals surface area contributed by atoms with Gasteiger partial charge < -0.3 is 5.73 Å². The highest BCUT2D eigenvalue weighted by molar-refractivity contribution is 4.89. The van der Waals surface area contributed by atoms with Gasteiger partial charge in [-0.1, -0.05) is 19.3 Å². The maximum atomic E-state index is 6.07. The molecule has 0 bridgehead atoms. The zero-order chi connectivity index (χ0) is 12.4. The summed E-state index contributed by atoms with van der Waals surface area (Å²) in [6, 6.07) is 0.818. The van der Waals surface area contributed by atoms with E-state index in [1.165, 1.54) is 70.9 Å². The summed E-state index contributed by atoms with van der Waals surface area (Å²) in [5.41, 5.74) is 6.07. The lowest BCUT2D eigenvalue weighted by Gasteiger charge is -2.36. The van der Waals surface area contributed by atoms with E-state index in [0.717, 1.165) is 30.3 Å². The zero-order valence-corrected chi connectivity index (χ0v) is 11.8. The number of hydrogen-bond donors (Lipinski definition) is 1. The first-order chi connectivity index (χ1) is 8.86. The van der Waals surface area contributed by atoms with E-state index in [0.29, 0.717) is 0 Å². The summed E-state index contributed by atoms with van der Waals surface area (Å²) in [5, 5.41) is 0. The van der Waals surface area contributed by atoms with Crippen LogP contribution in [0.15, 0.2) is 0 Å². The molecule has 2 nitrogen and oxygen atoms in total. The van der Waals surface area contributed by atoms with Gasteiger partial charge in [-0.15, -0.1) is 0 Å². The third-order valence-corrected chi connectivity index (χ3v) is 5.27. The van der Waals surface area contributed by atoms with E-state index in [9.17, 15) is 0 Å². The lowest BCUT2D eigenvalue weighted by atomic mass is 9.93. The fraction of sp³-hybridized carbons (Fsp3) is 1.00. The van der Waals surface area contributed by atoms with Gasteiger partial charge in [0.05, 0.1) is 0 Å². The Morgan fingerprint density at radius 2 is 1.39 bits per heavy atom. The van der Waals surface area contributed by atoms with Crippen LogP contribution in [0.5, 0.6) is 0 Å². The fourth-order valence-corrected chi connectivity index (χ4v) is 3.73. The SMILES string of the molecule is NCC1CCCCCC1N(CC1CC1)CC1CC1. The second kappa shape index (κ2) is 5.92. The third kappa shape index (κ3) is 3.48. The summed E-state index contributed by atoms with van der Waals surface area (Å²) < 4.78 is 0. The lowest BCUT2D eigenvalue weighted by molar-refractivity contribution is 0.123. The first-order valence-electron chi connectivity index (χ1n) is 8.31. The summed E-state index contributed by atoms with van der Waals surface area (Å²) in [5.74, 6) is 2.85. The van der Waals surface area contributed by atoms with Crippen molar-refractivity contribution in [2.24, 2.45) is 23.5 Å². The molecule has 3 aliphatic rings. The van der Waals surface area contributed by atoms with Gasteiger partial charge in [-0.3, -0.25) is 4.90 Å². The molecular weight excluding hydrogens is 220 g/mol. The van der Waals surface area contributed by atoms with Crippen LogP contribution in [0.2, 0.25) is 0 Å². The topological polar surface area (TPSA) is 29.3 Å². The van der Waals surface area contributed by atoms with Gasteiger partial charge in [-0.2, -0.15) is 0 Å². The summed E-state index contributed by atoms with van der Waals surface area (Å²) in [7, 11) is 0. The molecule has 0 saturated heterocycles. The Labute approximate surface area is 112 Å². The van der Waals surface area contributed by atoms with Crippen LogP contribution in [0.25, 0.3) is 0 Å². The largest absolute Gasteiger partial charge is 0.330 e. The fourth-order valence-electron chi connectivity index (χ4n) is 3.73. The molecule has 0 aromatic carbocycles. The Balaban J connectivity index is 1.63. The van der Waals surface area contributed by atoms with Crippen LogP contribution in [0.3, 0.4) is 0 Å². The number of rotatable bonds is 6. The quantitative estimate of drug-likeness (QED) is 0.734. The molecule has 0 radical (unpaired) electrons. The van der Waals surface area contributed by atoms with Gasteiger partial charge >= 0.3 is 0 Å². The average molecular weight is 250 g/mol. The van der Waals surface area contributed by atoms with E-state index in [1.54, 1.807) is 0 Å². The molecule has 0 spiro atoms. The second-order valence-corrected chi connectivity index (χ2v) is 7.04. The van der Waals surface area contributed by atoms with Gasteiger partial charge in [0.2, 0.25) is 0 Å². The van der Waals surface area contributed by atoms with Crippen molar-refractivity contribution in [3.05, 3.63) is 0 Å². The van der Waals surface area contributed by atoms with Crippen LogP contribution in [-0.2, 0) is 0 Å². The van der Waals surface area contributed by atoms with Crippen LogP contribution in [0, 0.1) is 17.8 Å². The van der Waals surface area contributed by atoms with Gasteiger partial charge in [0.25, 0.3) is 0 Å². The minimum Gasteiger partial charge on any atom is -0.330 e. The Kier molecular flexibility index (Phi) is 4.25. The van der Waals surface area contributed by atoms with Crippen molar-refractivity contribution in [2.75, 3.05) is 19.6 Å². The smallest absolute Gasteiger partial charge is 0.0136 e. The highest BCUT2D eigenvalue weighted by Crippen LogP contribution is 2.37. The maximum Gasteiger partial charge on any atom is 0.0136 e. The Hall–Kier alpha value is -0.0800. The molecule has 18 heavy (non-hydrogen) atoms. The number of nitrogens with zero attached hydrogens (tertiary/aromatic N) is 1. The minimum absolute atomic E-state index is 0.782. The minimum atomic E-state index is 0.782. The van der Waals surface area contributed by atoms with Crippen molar-refractivity contribution in [3.8, 4) is 0 Å². The second-order valence-electron chi connectivity index (χ2n) is 7.04. The highest BCUT2D eigenvalue weighted by atomic mass is 15.2. The standard InChI is InChI=1S/C16H30N2/c17-10-15-4-2-1-3-5-16(15)18(11-13-6-7-13)12-14-8-9-14/h13-16H,1-12,17H2. The molecular formula is C16H30N2. The molecule has 3 saturated carbocycles. The van der Waals surface area contributed by atoms with Crippen molar-refractivity contribution < 1.29 is 0 Å². The van der Waals surface area contributed by atoms with E-state index in [2.05, 4.69) is 4.90 Å². The van der Waals surface area contributed by atoms with E-state index in [4.69, 9.17) is 5.73 Å². The maximum absolute atomic E-state index is 6.07. The highest BCUT2D eigenvalue weighted by Gasteiger charge is 2.35. The Bertz CT molecular complexity index is 244. The van der Waals surface area contributed by atoms with E-state index >= 15 is 0 Å². The third-order valence-electron chi connectivity index (χ3n) is 5.27. The number of hydrogen-bond acceptors (Lipinski definition) is 2. The van der Waals surface area contributed by atoms with E-state index in [1.807, 2.05) is 0 Å². The molecule has 3 aliphatic carbocycles. The van der Waals surface area contributed by atoms with E-state index < -0.39 is 0 Å². The molecule has 104 valence electrons. The molecule has 2 N–H and O–H groups in total. The summed E-state index contributed by atoms with van der Waals surface area (Å²) in [4.78, 5) is 2.87. The van der Waals surface area contributed by atoms with Crippen molar-refractivity contribution in [3.63, 3.8) is 0 Å². The van der Waals surface area contributed by atoms with Gasteiger partial charge in [-0.05, 0) is 62.8 Å². The van der Waals surface area contributed by atoms with Crippen molar-refractivity contribution in [1.82, 2.24) is 4.90 Å². The van der Waals surface area contributed by atoms with Gasteiger partial charge in [0, 0.05) is 19.1 Å². The molecule has 2 heteroatoms. The molecule has 0 aliphatic heterocycles. The lowest BCUT2D eigenvalue weighted by Crippen LogP contribution is -2.44. The monoisotopic (exact) mass is 250 g/mol. The summed E-state index contributed by atoms with van der Waals surface area (Å²) in [6.45, 7) is 3.69. The van der Waals surface area contributed by atoms with Crippen LogP contribution < -0.4 is 5.73 Å². The molecule has 0 amide bonds. The van der Waals surface area contributed by atoms with Crippen molar-refractivity contribution in [2.45, 2.75) is 63.8 Å². The first-order valence-corrected chi connectivity index (χ1v) is 8.31. The van der Waals surface area contributed by atoms with Crippen LogP contribution >= 0.6 is 0 Å². The van der Waals surface area contributed by atoms with Crippen molar-refractivity contribution >= 4 is 0 Å². The molecule has 0 heterocycles. The van der Waals surface area contributed by atoms with Crippen LogP contribution in [-0.4, -0.2) is 30.6 Å². The number of nitrogens with two attached hydrogens (primary N) is 1. The molecule has 3 rings (SSSR count). The predicted molar refractivity (Wildman–Crippen MR) is 76.4 cm³/mol. The first kappa shape index (κ1) is 12.9. The Morgan fingerprint density at radius 1 is 0.778 bits per heavy atom. The predicted octanol–water partition coefficient (Wildman–Crippen LogP) is 3.02. The van der Waals surface area contributed by atoms with Gasteiger partial charge in [-0.25, -0.2) is 0 Å². The van der Waals surface area contributed by atoms with Crippen LogP contribution in [0.1, 0.15) is 57.8 Å². The normalized spacial score (nSPS) is 33.7. The average Bonchev–Trinajstić information content (AvgIpc) is 3.24. The molecule has 2 unspecified atom stereocenters. The Morgan fingerprint density at radius 3 is 1.94 bits per heavy atom. The van der Waals surface area contributed by atoms with Gasteiger partial charge in [0.1, 0.15) is 0 Å². The van der Waals surface area contributed by atoms with E-state index in [-0.39, 0.29) is 0 Å². The van der Waals surface area contributed by atoms with Crippen LogP contribution in [0.4, 0.5) is 0 Å². The zero-order valence-electron chi connectivity index (χ0n) is 11.8. The summed E-state index contributed by atoms with van der Waals surface area (Å²) >= 11 is 0. The molecule has 0 aromatic rings. The van der Waals surface area contributed by atoms with Crippen molar-refractivity contribution in [1.29, 1.82) is 0 Å².